The summed E-state index contributed by atoms with van der Waals surface area (Å²) in [6.45, 7) is 0.660. The van der Waals surface area contributed by atoms with Crippen molar-refractivity contribution in [1.29, 1.82) is 0 Å². The number of rotatable bonds is 2. The highest BCUT2D eigenvalue weighted by Crippen LogP contribution is 2.23. The Labute approximate surface area is 117 Å². The maximum atomic E-state index is 12.5. The first kappa shape index (κ1) is 12.9. The molecule has 1 aliphatic heterocycles. The average Bonchev–Trinajstić information content (AvgIpc) is 2.95. The molecule has 1 aromatic carbocycles. The van der Waals surface area contributed by atoms with Crippen molar-refractivity contribution in [2.24, 2.45) is 0 Å². The molecule has 0 saturated carbocycles. The Hall–Kier alpha value is -2.14. The second kappa shape index (κ2) is 5.09. The third kappa shape index (κ3) is 2.10. The summed E-state index contributed by atoms with van der Waals surface area (Å²) in [5.41, 5.74) is 7.62. The number of anilines is 1. The zero-order valence-corrected chi connectivity index (χ0v) is 11.1. The van der Waals surface area contributed by atoms with Crippen molar-refractivity contribution in [2.45, 2.75) is 18.9 Å². The number of pyridine rings is 1. The second-order valence-electron chi connectivity index (χ2n) is 5.09. The molecule has 2 heterocycles. The molecular formula is C15H17N3O2. The minimum absolute atomic E-state index is 0.00516. The van der Waals surface area contributed by atoms with Crippen LogP contribution < -0.4 is 5.73 Å². The van der Waals surface area contributed by atoms with Crippen LogP contribution >= 0.6 is 0 Å². The normalized spacial score (nSPS) is 18.6. The molecule has 1 saturated heterocycles. The van der Waals surface area contributed by atoms with E-state index in [-0.39, 0.29) is 18.6 Å². The molecule has 0 bridgehead atoms. The number of benzene rings is 1. The number of aliphatic hydroxyl groups excluding tert-OH is 1. The van der Waals surface area contributed by atoms with Gasteiger partial charge in [0.25, 0.3) is 5.91 Å². The van der Waals surface area contributed by atoms with Gasteiger partial charge < -0.3 is 15.7 Å². The average molecular weight is 271 g/mol. The molecule has 1 aliphatic rings. The number of carbonyl (C=O) groups excluding carboxylic acids is 1. The molecule has 3 N–H and O–H groups in total. The standard InChI is InChI=1S/C15H17N3O2/c16-12-8-14(17-13-6-2-1-5-11(12)13)15(20)18-7-3-4-10(18)9-19/h1-2,5-6,8,10,19H,3-4,7,9H2,(H2,16,17)/t10-/m0/s1. The number of nitrogens with two attached hydrogens (primary N) is 1. The molecule has 1 atom stereocenters. The SMILES string of the molecule is Nc1cc(C(=O)N2CCC[C@H]2CO)nc2ccccc12. The summed E-state index contributed by atoms with van der Waals surface area (Å²) in [6.07, 6.45) is 1.76. The molecule has 20 heavy (non-hydrogen) atoms. The number of para-hydroxylation sites is 1. The Balaban J connectivity index is 1.99. The van der Waals surface area contributed by atoms with Crippen molar-refractivity contribution < 1.29 is 9.90 Å². The zero-order valence-electron chi connectivity index (χ0n) is 11.1. The Morgan fingerprint density at radius 2 is 2.25 bits per heavy atom. The summed E-state index contributed by atoms with van der Waals surface area (Å²) in [5, 5.41) is 10.2. The molecule has 5 heteroatoms. The molecule has 0 aliphatic carbocycles. The third-order valence-corrected chi connectivity index (χ3v) is 3.82. The van der Waals surface area contributed by atoms with Crippen LogP contribution in [0.2, 0.25) is 0 Å². The lowest BCUT2D eigenvalue weighted by Gasteiger charge is -2.22. The maximum Gasteiger partial charge on any atom is 0.272 e. The number of hydrogen-bond acceptors (Lipinski definition) is 4. The van der Waals surface area contributed by atoms with Crippen LogP contribution in [0, 0.1) is 0 Å². The molecule has 3 rings (SSSR count). The molecule has 0 spiro atoms. The van der Waals surface area contributed by atoms with Gasteiger partial charge in [-0.15, -0.1) is 0 Å². The Kier molecular flexibility index (Phi) is 3.28. The van der Waals surface area contributed by atoms with E-state index in [1.807, 2.05) is 24.3 Å². The van der Waals surface area contributed by atoms with Crippen molar-refractivity contribution in [3.8, 4) is 0 Å². The van der Waals surface area contributed by atoms with E-state index in [9.17, 15) is 9.90 Å². The quantitative estimate of drug-likeness (QED) is 0.865. The Morgan fingerprint density at radius 1 is 1.45 bits per heavy atom. The van der Waals surface area contributed by atoms with Crippen molar-refractivity contribution in [3.05, 3.63) is 36.0 Å². The predicted octanol–water partition coefficient (Wildman–Crippen LogP) is 1.41. The number of fused-ring (bicyclic) bond motifs is 1. The van der Waals surface area contributed by atoms with Gasteiger partial charge in [0, 0.05) is 17.6 Å². The largest absolute Gasteiger partial charge is 0.398 e. The number of hydrogen-bond donors (Lipinski definition) is 2. The summed E-state index contributed by atoms with van der Waals surface area (Å²) in [4.78, 5) is 18.6. The number of nitrogen functional groups attached to an aromatic ring is 1. The molecule has 1 amide bonds. The number of nitrogens with zero attached hydrogens (tertiary/aromatic N) is 2. The summed E-state index contributed by atoms with van der Waals surface area (Å²) in [7, 11) is 0. The van der Waals surface area contributed by atoms with Crippen LogP contribution in [0.5, 0.6) is 0 Å². The van der Waals surface area contributed by atoms with E-state index in [1.165, 1.54) is 0 Å². The van der Waals surface area contributed by atoms with Crippen molar-refractivity contribution >= 4 is 22.5 Å². The van der Waals surface area contributed by atoms with Crippen LogP contribution in [0.25, 0.3) is 10.9 Å². The first-order chi connectivity index (χ1) is 9.70. The van der Waals surface area contributed by atoms with E-state index in [1.54, 1.807) is 11.0 Å². The number of aromatic nitrogens is 1. The van der Waals surface area contributed by atoms with Crippen LogP contribution in [0.1, 0.15) is 23.3 Å². The zero-order chi connectivity index (χ0) is 14.1. The molecule has 0 unspecified atom stereocenters. The highest BCUT2D eigenvalue weighted by molar-refractivity contribution is 5.99. The topological polar surface area (TPSA) is 79.5 Å². The van der Waals surface area contributed by atoms with Gasteiger partial charge in [-0.3, -0.25) is 4.79 Å². The minimum Gasteiger partial charge on any atom is -0.398 e. The Bertz CT molecular complexity index is 657. The van der Waals surface area contributed by atoms with Crippen molar-refractivity contribution in [2.75, 3.05) is 18.9 Å². The molecule has 1 aromatic heterocycles. The van der Waals surface area contributed by atoms with Crippen LogP contribution in [0.4, 0.5) is 5.69 Å². The molecule has 104 valence electrons. The molecule has 5 nitrogen and oxygen atoms in total. The minimum atomic E-state index is -0.154. The van der Waals surface area contributed by atoms with Crippen LogP contribution in [-0.4, -0.2) is 40.1 Å². The second-order valence-corrected chi connectivity index (χ2v) is 5.09. The number of amides is 1. The van der Waals surface area contributed by atoms with Gasteiger partial charge in [-0.05, 0) is 25.0 Å². The lowest BCUT2D eigenvalue weighted by atomic mass is 10.1. The van der Waals surface area contributed by atoms with Gasteiger partial charge in [-0.2, -0.15) is 0 Å². The van der Waals surface area contributed by atoms with E-state index in [0.29, 0.717) is 17.9 Å². The van der Waals surface area contributed by atoms with E-state index in [2.05, 4.69) is 4.98 Å². The van der Waals surface area contributed by atoms with Gasteiger partial charge in [0.2, 0.25) is 0 Å². The van der Waals surface area contributed by atoms with Gasteiger partial charge >= 0.3 is 0 Å². The monoisotopic (exact) mass is 271 g/mol. The first-order valence-electron chi connectivity index (χ1n) is 6.78. The van der Waals surface area contributed by atoms with E-state index < -0.39 is 0 Å². The summed E-state index contributed by atoms with van der Waals surface area (Å²) >= 11 is 0. The van der Waals surface area contributed by atoms with Crippen LogP contribution in [0.15, 0.2) is 30.3 Å². The highest BCUT2D eigenvalue weighted by atomic mass is 16.3. The smallest absolute Gasteiger partial charge is 0.272 e. The highest BCUT2D eigenvalue weighted by Gasteiger charge is 2.29. The van der Waals surface area contributed by atoms with Crippen molar-refractivity contribution in [3.63, 3.8) is 0 Å². The molecule has 0 radical (unpaired) electrons. The Morgan fingerprint density at radius 3 is 3.05 bits per heavy atom. The fraction of sp³-hybridized carbons (Fsp3) is 0.333. The fourth-order valence-corrected chi connectivity index (χ4v) is 2.75. The predicted molar refractivity (Wildman–Crippen MR) is 77.3 cm³/mol. The summed E-state index contributed by atoms with van der Waals surface area (Å²) < 4.78 is 0. The third-order valence-electron chi connectivity index (χ3n) is 3.82. The lowest BCUT2D eigenvalue weighted by Crippen LogP contribution is -2.38. The van der Waals surface area contributed by atoms with Crippen LogP contribution in [0.3, 0.4) is 0 Å². The summed E-state index contributed by atoms with van der Waals surface area (Å²) in [5.74, 6) is -0.154. The van der Waals surface area contributed by atoms with E-state index in [0.717, 1.165) is 23.7 Å². The maximum absolute atomic E-state index is 12.5. The van der Waals surface area contributed by atoms with Gasteiger partial charge in [0.1, 0.15) is 5.69 Å². The van der Waals surface area contributed by atoms with Crippen LogP contribution in [-0.2, 0) is 0 Å². The number of carbonyl (C=O) groups is 1. The van der Waals surface area contributed by atoms with Gasteiger partial charge in [0.05, 0.1) is 18.2 Å². The number of aliphatic hydroxyl groups is 1. The first-order valence-corrected chi connectivity index (χ1v) is 6.78. The lowest BCUT2D eigenvalue weighted by molar-refractivity contribution is 0.0672. The summed E-state index contributed by atoms with van der Waals surface area (Å²) in [6, 6.07) is 9.02. The van der Waals surface area contributed by atoms with Crippen molar-refractivity contribution in [1.82, 2.24) is 9.88 Å². The van der Waals surface area contributed by atoms with Gasteiger partial charge in [0.15, 0.2) is 0 Å². The van der Waals surface area contributed by atoms with E-state index in [4.69, 9.17) is 5.73 Å². The fourth-order valence-electron chi connectivity index (χ4n) is 2.75. The molecule has 1 fully saturated rings. The van der Waals surface area contributed by atoms with E-state index >= 15 is 0 Å². The van der Waals surface area contributed by atoms with Gasteiger partial charge in [-0.1, -0.05) is 18.2 Å². The number of likely N-dealkylation sites (tertiary alicyclic amines) is 1. The van der Waals surface area contributed by atoms with Gasteiger partial charge in [-0.25, -0.2) is 4.98 Å². The molecule has 2 aromatic rings. The molecular weight excluding hydrogens is 254 g/mol.